The van der Waals surface area contributed by atoms with Gasteiger partial charge in [0.1, 0.15) is 7.22 Å². The van der Waals surface area contributed by atoms with E-state index in [0.717, 1.165) is 6.04 Å². The molecule has 72 valence electrons. The Balaban J connectivity index is 3.92. The lowest BCUT2D eigenvalue weighted by Crippen LogP contribution is -2.26. The number of carbonyl (C=O) groups excluding carboxylic acids is 1. The van der Waals surface area contributed by atoms with Crippen LogP contribution in [-0.4, -0.2) is 20.4 Å². The lowest BCUT2D eigenvalue weighted by Gasteiger charge is -2.18. The van der Waals surface area contributed by atoms with Gasteiger partial charge in [-0.25, -0.2) is 0 Å². The van der Waals surface area contributed by atoms with Crippen molar-refractivity contribution in [3.05, 3.63) is 0 Å². The third-order valence-corrected chi connectivity index (χ3v) is 6.24. The quantitative estimate of drug-likeness (QED) is 0.678. The lowest BCUT2D eigenvalue weighted by molar-refractivity contribution is -0.109. The van der Waals surface area contributed by atoms with Crippen molar-refractivity contribution in [1.29, 1.82) is 0 Å². The maximum atomic E-state index is 11.5. The molecule has 0 saturated heterocycles. The zero-order valence-electron chi connectivity index (χ0n) is 9.02. The van der Waals surface area contributed by atoms with E-state index in [2.05, 4.69) is 39.3 Å². The molecule has 0 aromatic heterocycles. The molecule has 4 heteroatoms. The molecular weight excluding hydrogens is 200 g/mol. The van der Waals surface area contributed by atoms with E-state index >= 15 is 0 Å². The van der Waals surface area contributed by atoms with Crippen molar-refractivity contribution in [3.8, 4) is 0 Å². The van der Waals surface area contributed by atoms with Gasteiger partial charge in [-0.05, 0) is 0 Å². The molecule has 0 unspecified atom stereocenters. The van der Waals surface area contributed by atoms with Crippen LogP contribution in [0, 0.1) is 0 Å². The molecule has 0 atom stereocenters. The second-order valence-electron chi connectivity index (χ2n) is 5.32. The highest BCUT2D eigenvalue weighted by atomic mass is 32.4. The number of carbonyl (C=O) groups is 1. The standard InChI is InChI=1S/C8H20OSSi2/c1-11(2,3)7-8(9)10-12(4,5)6/h7H2,1-6H3. The summed E-state index contributed by atoms with van der Waals surface area (Å²) in [5, 5.41) is 0.424. The highest BCUT2D eigenvalue weighted by molar-refractivity contribution is 8.39. The van der Waals surface area contributed by atoms with Crippen LogP contribution in [-0.2, 0) is 4.79 Å². The molecule has 0 N–H and O–H groups in total. The first-order valence-electron chi connectivity index (χ1n) is 4.32. The molecule has 0 spiro atoms. The van der Waals surface area contributed by atoms with Gasteiger partial charge in [0.2, 0.25) is 0 Å². The van der Waals surface area contributed by atoms with Crippen LogP contribution in [0.2, 0.25) is 45.3 Å². The van der Waals surface area contributed by atoms with E-state index in [0.29, 0.717) is 5.12 Å². The maximum absolute atomic E-state index is 11.5. The van der Waals surface area contributed by atoms with Crippen LogP contribution in [0.25, 0.3) is 0 Å². The predicted octanol–water partition coefficient (Wildman–Crippen LogP) is 3.42. The molecule has 0 aromatic carbocycles. The molecule has 0 aliphatic carbocycles. The van der Waals surface area contributed by atoms with Gasteiger partial charge in [0, 0.05) is 6.04 Å². The van der Waals surface area contributed by atoms with Crippen LogP contribution in [0.5, 0.6) is 0 Å². The van der Waals surface area contributed by atoms with Crippen molar-refractivity contribution in [1.82, 2.24) is 0 Å². The summed E-state index contributed by atoms with van der Waals surface area (Å²) in [6, 6.07) is 0.835. The average Bonchev–Trinajstić information content (AvgIpc) is 1.49. The summed E-state index contributed by atoms with van der Waals surface area (Å²) in [6.07, 6.45) is 0. The second kappa shape index (κ2) is 4.11. The van der Waals surface area contributed by atoms with Crippen molar-refractivity contribution in [3.63, 3.8) is 0 Å². The Bertz CT molecular complexity index is 149. The minimum Gasteiger partial charge on any atom is -0.288 e. The Labute approximate surface area is 82.0 Å². The van der Waals surface area contributed by atoms with Crippen LogP contribution >= 0.6 is 11.2 Å². The summed E-state index contributed by atoms with van der Waals surface area (Å²) in [6.45, 7) is 13.4. The summed E-state index contributed by atoms with van der Waals surface area (Å²) >= 11 is 1.62. The Hall–Kier alpha value is 0.454. The molecule has 12 heavy (non-hydrogen) atoms. The third-order valence-electron chi connectivity index (χ3n) is 1.09. The number of hydrogen-bond acceptors (Lipinski definition) is 2. The fourth-order valence-corrected chi connectivity index (χ4v) is 6.65. The molecule has 0 saturated carbocycles. The Kier molecular flexibility index (Phi) is 4.26. The van der Waals surface area contributed by atoms with Gasteiger partial charge in [-0.1, -0.05) is 39.3 Å². The molecule has 0 aromatic rings. The first kappa shape index (κ1) is 12.5. The van der Waals surface area contributed by atoms with Crippen molar-refractivity contribution in [2.24, 2.45) is 0 Å². The molecule has 1 nitrogen and oxygen atoms in total. The maximum Gasteiger partial charge on any atom is 0.180 e. The molecule has 0 fully saturated rings. The molecular formula is C8H20OSSi2. The lowest BCUT2D eigenvalue weighted by atomic mass is 10.9. The van der Waals surface area contributed by atoms with Crippen LogP contribution in [0.4, 0.5) is 0 Å². The molecule has 0 heterocycles. The summed E-state index contributed by atoms with van der Waals surface area (Å²) in [5.74, 6) is 0. The zero-order chi connectivity index (χ0) is 9.99. The SMILES string of the molecule is C[Si](C)(C)CC(=O)S[Si](C)(C)C. The van der Waals surface area contributed by atoms with Gasteiger partial charge < -0.3 is 0 Å². The van der Waals surface area contributed by atoms with Crippen LogP contribution in [0.3, 0.4) is 0 Å². The van der Waals surface area contributed by atoms with Gasteiger partial charge in [-0.15, -0.1) is 11.2 Å². The van der Waals surface area contributed by atoms with Crippen LogP contribution in [0.15, 0.2) is 0 Å². The Morgan fingerprint density at radius 2 is 1.50 bits per heavy atom. The van der Waals surface area contributed by atoms with Gasteiger partial charge in [0.25, 0.3) is 0 Å². The van der Waals surface area contributed by atoms with E-state index < -0.39 is 15.3 Å². The average molecular weight is 220 g/mol. The van der Waals surface area contributed by atoms with Gasteiger partial charge in [-0.2, -0.15) is 0 Å². The molecule has 0 aliphatic heterocycles. The summed E-state index contributed by atoms with van der Waals surface area (Å²) < 4.78 is 0. The van der Waals surface area contributed by atoms with E-state index in [1.165, 1.54) is 0 Å². The first-order chi connectivity index (χ1) is 5.10. The van der Waals surface area contributed by atoms with E-state index in [1.54, 1.807) is 11.2 Å². The van der Waals surface area contributed by atoms with Crippen molar-refractivity contribution in [2.75, 3.05) is 0 Å². The van der Waals surface area contributed by atoms with E-state index in [1.807, 2.05) is 0 Å². The summed E-state index contributed by atoms with van der Waals surface area (Å²) in [7, 11) is -2.40. The highest BCUT2D eigenvalue weighted by Gasteiger charge is 2.24. The Morgan fingerprint density at radius 1 is 1.08 bits per heavy atom. The zero-order valence-corrected chi connectivity index (χ0v) is 11.8. The molecule has 0 rings (SSSR count). The van der Waals surface area contributed by atoms with Gasteiger partial charge in [0.05, 0.1) is 8.07 Å². The smallest absolute Gasteiger partial charge is 0.180 e. The topological polar surface area (TPSA) is 17.1 Å². The molecule has 0 radical (unpaired) electrons. The Morgan fingerprint density at radius 3 is 1.75 bits per heavy atom. The largest absolute Gasteiger partial charge is 0.288 e. The monoisotopic (exact) mass is 220 g/mol. The van der Waals surface area contributed by atoms with E-state index in [9.17, 15) is 4.79 Å². The predicted molar refractivity (Wildman–Crippen MR) is 64.1 cm³/mol. The second-order valence-corrected chi connectivity index (χ2v) is 20.0. The number of hydrogen-bond donors (Lipinski definition) is 0. The molecule has 0 bridgehead atoms. The van der Waals surface area contributed by atoms with Crippen molar-refractivity contribution in [2.45, 2.75) is 45.3 Å². The minimum absolute atomic E-state index is 0.424. The van der Waals surface area contributed by atoms with Crippen LogP contribution in [0.1, 0.15) is 0 Å². The minimum atomic E-state index is -1.23. The van der Waals surface area contributed by atoms with E-state index in [4.69, 9.17) is 0 Å². The summed E-state index contributed by atoms with van der Waals surface area (Å²) in [5.41, 5.74) is 0. The third kappa shape index (κ3) is 8.55. The first-order valence-corrected chi connectivity index (χ1v) is 13.1. The number of rotatable bonds is 3. The molecule has 0 aliphatic rings. The highest BCUT2D eigenvalue weighted by Crippen LogP contribution is 2.24. The summed E-state index contributed by atoms with van der Waals surface area (Å²) in [4.78, 5) is 11.5. The van der Waals surface area contributed by atoms with Crippen LogP contribution < -0.4 is 0 Å². The van der Waals surface area contributed by atoms with E-state index in [-0.39, 0.29) is 0 Å². The van der Waals surface area contributed by atoms with Gasteiger partial charge in [-0.3, -0.25) is 4.79 Å². The fraction of sp³-hybridized carbons (Fsp3) is 0.875. The normalized spacial score (nSPS) is 13.2. The van der Waals surface area contributed by atoms with Gasteiger partial charge >= 0.3 is 0 Å². The van der Waals surface area contributed by atoms with Crippen molar-refractivity contribution >= 4 is 31.6 Å². The molecule has 0 amide bonds. The van der Waals surface area contributed by atoms with Crippen molar-refractivity contribution < 1.29 is 4.79 Å². The fourth-order valence-electron chi connectivity index (χ4n) is 0.811. The van der Waals surface area contributed by atoms with Gasteiger partial charge in [0.15, 0.2) is 5.12 Å².